The second kappa shape index (κ2) is 11.7. The largest absolute Gasteiger partial charge is 0.483 e. The zero-order valence-electron chi connectivity index (χ0n) is 17.3. The standard InChI is InChI=1S/C25H19Cl2N3O3/c26-20-6-9-22(10-7-20)30-24(31)16-33-23-11-8-21(27)13-18(23)12-19(14-28)25(32)29-15-17-4-2-1-3-5-17/h1-13H,15-16H2,(H,29,32)(H,30,31)/b19-12+. The van der Waals surface area contributed by atoms with E-state index in [0.29, 0.717) is 27.0 Å². The maximum Gasteiger partial charge on any atom is 0.262 e. The molecule has 8 heteroatoms. The lowest BCUT2D eigenvalue weighted by Gasteiger charge is -2.11. The van der Waals surface area contributed by atoms with E-state index in [-0.39, 0.29) is 24.6 Å². The van der Waals surface area contributed by atoms with E-state index in [1.165, 1.54) is 6.08 Å². The van der Waals surface area contributed by atoms with Crippen LogP contribution in [0, 0.1) is 11.3 Å². The van der Waals surface area contributed by atoms with E-state index in [1.807, 2.05) is 36.4 Å². The van der Waals surface area contributed by atoms with Gasteiger partial charge in [0.25, 0.3) is 11.8 Å². The fraction of sp³-hybridized carbons (Fsp3) is 0.0800. The summed E-state index contributed by atoms with van der Waals surface area (Å²) in [7, 11) is 0. The van der Waals surface area contributed by atoms with E-state index >= 15 is 0 Å². The van der Waals surface area contributed by atoms with Gasteiger partial charge in [-0.25, -0.2) is 0 Å². The molecule has 0 radical (unpaired) electrons. The number of rotatable bonds is 8. The molecule has 0 unspecified atom stereocenters. The molecule has 0 aliphatic carbocycles. The first-order valence-corrected chi connectivity index (χ1v) is 10.6. The lowest BCUT2D eigenvalue weighted by Crippen LogP contribution is -2.24. The minimum Gasteiger partial charge on any atom is -0.483 e. The third kappa shape index (κ3) is 7.39. The molecule has 3 aromatic carbocycles. The second-order valence-electron chi connectivity index (χ2n) is 6.86. The minimum atomic E-state index is -0.534. The molecule has 0 heterocycles. The molecule has 0 atom stereocenters. The summed E-state index contributed by atoms with van der Waals surface area (Å²) < 4.78 is 5.62. The van der Waals surface area contributed by atoms with Gasteiger partial charge in [-0.2, -0.15) is 5.26 Å². The first kappa shape index (κ1) is 23.9. The van der Waals surface area contributed by atoms with Gasteiger partial charge in [-0.3, -0.25) is 9.59 Å². The Morgan fingerprint density at radius 1 is 0.970 bits per heavy atom. The Balaban J connectivity index is 1.68. The Morgan fingerprint density at radius 3 is 2.36 bits per heavy atom. The van der Waals surface area contributed by atoms with Crippen molar-refractivity contribution in [2.45, 2.75) is 6.54 Å². The topological polar surface area (TPSA) is 91.2 Å². The molecule has 2 N–H and O–H groups in total. The fourth-order valence-corrected chi connectivity index (χ4v) is 3.12. The summed E-state index contributed by atoms with van der Waals surface area (Å²) in [5.74, 6) is -0.620. The third-order valence-corrected chi connectivity index (χ3v) is 4.91. The zero-order valence-corrected chi connectivity index (χ0v) is 18.9. The molecule has 0 bridgehead atoms. The van der Waals surface area contributed by atoms with Crippen molar-refractivity contribution in [1.29, 1.82) is 5.26 Å². The number of benzene rings is 3. The molecule has 0 fully saturated rings. The number of hydrogen-bond donors (Lipinski definition) is 2. The molecule has 6 nitrogen and oxygen atoms in total. The number of ether oxygens (including phenoxy) is 1. The van der Waals surface area contributed by atoms with Gasteiger partial charge in [0, 0.05) is 27.8 Å². The van der Waals surface area contributed by atoms with Crippen molar-refractivity contribution in [1.82, 2.24) is 5.32 Å². The van der Waals surface area contributed by atoms with Crippen LogP contribution < -0.4 is 15.4 Å². The van der Waals surface area contributed by atoms with E-state index in [0.717, 1.165) is 5.56 Å². The van der Waals surface area contributed by atoms with Crippen molar-refractivity contribution in [2.75, 3.05) is 11.9 Å². The predicted molar refractivity (Wildman–Crippen MR) is 129 cm³/mol. The van der Waals surface area contributed by atoms with Crippen molar-refractivity contribution in [2.24, 2.45) is 0 Å². The average Bonchev–Trinajstić information content (AvgIpc) is 2.82. The molecule has 0 saturated carbocycles. The van der Waals surface area contributed by atoms with Crippen molar-refractivity contribution in [3.05, 3.63) is 99.5 Å². The van der Waals surface area contributed by atoms with Gasteiger partial charge in [0.15, 0.2) is 6.61 Å². The second-order valence-corrected chi connectivity index (χ2v) is 7.74. The van der Waals surface area contributed by atoms with Crippen molar-refractivity contribution in [3.8, 4) is 11.8 Å². The quantitative estimate of drug-likeness (QED) is 0.341. The third-order valence-electron chi connectivity index (χ3n) is 4.42. The highest BCUT2D eigenvalue weighted by Crippen LogP contribution is 2.25. The van der Waals surface area contributed by atoms with Crippen LogP contribution in [0.1, 0.15) is 11.1 Å². The van der Waals surface area contributed by atoms with Gasteiger partial charge in [-0.1, -0.05) is 53.5 Å². The van der Waals surface area contributed by atoms with Crippen molar-refractivity contribution in [3.63, 3.8) is 0 Å². The number of nitriles is 1. The van der Waals surface area contributed by atoms with Crippen LogP contribution in [0.15, 0.2) is 78.4 Å². The summed E-state index contributed by atoms with van der Waals surface area (Å²) in [5, 5.41) is 15.8. The van der Waals surface area contributed by atoms with Crippen LogP contribution in [0.25, 0.3) is 6.08 Å². The van der Waals surface area contributed by atoms with Gasteiger partial charge < -0.3 is 15.4 Å². The highest BCUT2D eigenvalue weighted by atomic mass is 35.5. The van der Waals surface area contributed by atoms with E-state index in [1.54, 1.807) is 42.5 Å². The van der Waals surface area contributed by atoms with Crippen LogP contribution in [0.2, 0.25) is 10.0 Å². The number of hydrogen-bond acceptors (Lipinski definition) is 4. The molecule has 2 amide bonds. The number of carbonyl (C=O) groups is 2. The lowest BCUT2D eigenvalue weighted by atomic mass is 10.1. The highest BCUT2D eigenvalue weighted by Gasteiger charge is 2.13. The molecule has 0 spiro atoms. The van der Waals surface area contributed by atoms with E-state index in [9.17, 15) is 14.9 Å². The Bertz CT molecular complexity index is 1200. The summed E-state index contributed by atoms with van der Waals surface area (Å²) in [5.41, 5.74) is 1.75. The van der Waals surface area contributed by atoms with E-state index < -0.39 is 5.91 Å². The molecular formula is C25H19Cl2N3O3. The van der Waals surface area contributed by atoms with Crippen LogP contribution in [-0.2, 0) is 16.1 Å². The highest BCUT2D eigenvalue weighted by molar-refractivity contribution is 6.31. The Hall–Kier alpha value is -3.79. The summed E-state index contributed by atoms with van der Waals surface area (Å²) in [6.45, 7) is -0.00431. The maximum absolute atomic E-state index is 12.5. The maximum atomic E-state index is 12.5. The summed E-state index contributed by atoms with van der Waals surface area (Å²) in [6.07, 6.45) is 1.37. The monoisotopic (exact) mass is 479 g/mol. The number of amides is 2. The fourth-order valence-electron chi connectivity index (χ4n) is 2.81. The van der Waals surface area contributed by atoms with Crippen LogP contribution in [-0.4, -0.2) is 18.4 Å². The predicted octanol–water partition coefficient (Wildman–Crippen LogP) is 5.23. The first-order chi connectivity index (χ1) is 15.9. The van der Waals surface area contributed by atoms with Gasteiger partial charge in [-0.05, 0) is 54.1 Å². The van der Waals surface area contributed by atoms with Crippen LogP contribution in [0.3, 0.4) is 0 Å². The summed E-state index contributed by atoms with van der Waals surface area (Å²) >= 11 is 11.9. The van der Waals surface area contributed by atoms with Crippen molar-refractivity contribution < 1.29 is 14.3 Å². The van der Waals surface area contributed by atoms with E-state index in [4.69, 9.17) is 27.9 Å². The molecule has 3 rings (SSSR count). The number of halogens is 2. The van der Waals surface area contributed by atoms with Crippen LogP contribution >= 0.6 is 23.2 Å². The van der Waals surface area contributed by atoms with Crippen LogP contribution in [0.5, 0.6) is 5.75 Å². The number of nitrogens with zero attached hydrogens (tertiary/aromatic N) is 1. The smallest absolute Gasteiger partial charge is 0.262 e. The Labute approximate surface area is 201 Å². The Morgan fingerprint density at radius 2 is 1.67 bits per heavy atom. The molecule has 3 aromatic rings. The van der Waals surface area contributed by atoms with Gasteiger partial charge in [0.2, 0.25) is 0 Å². The van der Waals surface area contributed by atoms with Gasteiger partial charge in [-0.15, -0.1) is 0 Å². The van der Waals surface area contributed by atoms with Crippen molar-refractivity contribution >= 4 is 46.8 Å². The van der Waals surface area contributed by atoms with Gasteiger partial charge >= 0.3 is 0 Å². The molecule has 166 valence electrons. The van der Waals surface area contributed by atoms with Crippen LogP contribution in [0.4, 0.5) is 5.69 Å². The molecule has 0 aromatic heterocycles. The molecule has 0 aliphatic rings. The summed E-state index contributed by atoms with van der Waals surface area (Å²) in [6, 6.07) is 22.6. The Kier molecular flexibility index (Phi) is 8.48. The summed E-state index contributed by atoms with van der Waals surface area (Å²) in [4.78, 5) is 24.7. The molecule has 33 heavy (non-hydrogen) atoms. The van der Waals surface area contributed by atoms with Gasteiger partial charge in [0.05, 0.1) is 0 Å². The molecule has 0 saturated heterocycles. The zero-order chi connectivity index (χ0) is 23.6. The van der Waals surface area contributed by atoms with E-state index in [2.05, 4.69) is 10.6 Å². The SMILES string of the molecule is N#C/C(=C\c1cc(Cl)ccc1OCC(=O)Nc1ccc(Cl)cc1)C(=O)NCc1ccccc1. The van der Waals surface area contributed by atoms with Gasteiger partial charge in [0.1, 0.15) is 17.4 Å². The lowest BCUT2D eigenvalue weighted by molar-refractivity contribution is -0.118. The number of nitrogens with one attached hydrogen (secondary N) is 2. The normalized spacial score (nSPS) is 10.8. The average molecular weight is 480 g/mol. The number of anilines is 1. The molecular weight excluding hydrogens is 461 g/mol. The number of carbonyl (C=O) groups excluding carboxylic acids is 2. The first-order valence-electron chi connectivity index (χ1n) is 9.86. The minimum absolute atomic E-state index is 0.122. The molecule has 0 aliphatic heterocycles.